The quantitative estimate of drug-likeness (QED) is 0.653. The Hall–Kier alpha value is -2.00. The second-order valence-corrected chi connectivity index (χ2v) is 10.1. The molecular weight excluding hydrogens is 409 g/mol. The van der Waals surface area contributed by atoms with Crippen molar-refractivity contribution in [3.63, 3.8) is 0 Å². The molecule has 2 heterocycles. The van der Waals surface area contributed by atoms with E-state index in [2.05, 4.69) is 0 Å². The van der Waals surface area contributed by atoms with Gasteiger partial charge in [-0.1, -0.05) is 0 Å². The number of rotatable bonds is 7. The van der Waals surface area contributed by atoms with Crippen molar-refractivity contribution in [3.8, 4) is 0 Å². The number of likely N-dealkylation sites (tertiary alicyclic amines) is 2. The third-order valence-electron chi connectivity index (χ3n) is 5.91. The number of nitrogens with zero attached hydrogens (tertiary/aromatic N) is 3. The highest BCUT2D eigenvalue weighted by molar-refractivity contribution is 7.89. The van der Waals surface area contributed by atoms with Gasteiger partial charge in [-0.2, -0.15) is 0 Å². The largest absolute Gasteiger partial charge is 0.341 e. The maximum Gasteiger partial charge on any atom is 0.245 e. The summed E-state index contributed by atoms with van der Waals surface area (Å²) in [5.74, 6) is -0.543. The SMILES string of the molecule is CN(CCCC(=O)N1CCCCC1C(=O)N1CCCC1)S(=O)(=O)c1ccc(F)cc1. The summed E-state index contributed by atoms with van der Waals surface area (Å²) in [6.07, 6.45) is 5.09. The molecule has 0 aliphatic carbocycles. The van der Waals surface area contributed by atoms with Gasteiger partial charge in [-0.25, -0.2) is 17.1 Å². The van der Waals surface area contributed by atoms with Gasteiger partial charge in [-0.3, -0.25) is 9.59 Å². The second-order valence-electron chi connectivity index (χ2n) is 8.02. The summed E-state index contributed by atoms with van der Waals surface area (Å²) in [6.45, 7) is 2.28. The van der Waals surface area contributed by atoms with E-state index >= 15 is 0 Å². The third kappa shape index (κ3) is 5.18. The summed E-state index contributed by atoms with van der Waals surface area (Å²) in [7, 11) is -2.28. The van der Waals surface area contributed by atoms with Gasteiger partial charge in [-0.15, -0.1) is 0 Å². The molecular formula is C21H30FN3O4S. The summed E-state index contributed by atoms with van der Waals surface area (Å²) in [6, 6.07) is 4.30. The molecule has 0 radical (unpaired) electrons. The second kappa shape index (κ2) is 9.87. The monoisotopic (exact) mass is 439 g/mol. The molecule has 166 valence electrons. The highest BCUT2D eigenvalue weighted by Gasteiger charge is 2.35. The molecule has 2 aliphatic rings. The molecule has 1 atom stereocenters. The molecule has 0 bridgehead atoms. The molecule has 0 N–H and O–H groups in total. The van der Waals surface area contributed by atoms with Gasteiger partial charge in [0.1, 0.15) is 11.9 Å². The topological polar surface area (TPSA) is 78.0 Å². The summed E-state index contributed by atoms with van der Waals surface area (Å²) < 4.78 is 39.4. The normalized spacial score (nSPS) is 20.0. The number of hydrogen-bond donors (Lipinski definition) is 0. The Bertz CT molecular complexity index is 854. The lowest BCUT2D eigenvalue weighted by Crippen LogP contribution is -2.52. The fourth-order valence-electron chi connectivity index (χ4n) is 4.14. The van der Waals surface area contributed by atoms with Crippen LogP contribution < -0.4 is 0 Å². The van der Waals surface area contributed by atoms with Crippen LogP contribution in [0, 0.1) is 5.82 Å². The van der Waals surface area contributed by atoms with E-state index in [9.17, 15) is 22.4 Å². The Labute approximate surface area is 177 Å². The van der Waals surface area contributed by atoms with E-state index < -0.39 is 15.8 Å². The maximum absolute atomic E-state index is 13.1. The number of piperidine rings is 1. The van der Waals surface area contributed by atoms with Crippen LogP contribution in [0.5, 0.6) is 0 Å². The zero-order chi connectivity index (χ0) is 21.7. The number of halogens is 1. The number of carbonyl (C=O) groups is 2. The summed E-state index contributed by atoms with van der Waals surface area (Å²) in [5, 5.41) is 0. The van der Waals surface area contributed by atoms with E-state index in [1.165, 1.54) is 23.5 Å². The summed E-state index contributed by atoms with van der Waals surface area (Å²) >= 11 is 0. The van der Waals surface area contributed by atoms with Gasteiger partial charge in [0.15, 0.2) is 0 Å². The van der Waals surface area contributed by atoms with E-state index in [0.717, 1.165) is 50.9 Å². The lowest BCUT2D eigenvalue weighted by molar-refractivity contribution is -0.147. The Morgan fingerprint density at radius 1 is 1.07 bits per heavy atom. The fourth-order valence-corrected chi connectivity index (χ4v) is 5.35. The van der Waals surface area contributed by atoms with Crippen LogP contribution in [0.25, 0.3) is 0 Å². The van der Waals surface area contributed by atoms with E-state index in [-0.39, 0.29) is 35.7 Å². The van der Waals surface area contributed by atoms with Crippen molar-refractivity contribution in [2.24, 2.45) is 0 Å². The molecule has 9 heteroatoms. The maximum atomic E-state index is 13.1. The number of amides is 2. The highest BCUT2D eigenvalue weighted by Crippen LogP contribution is 2.23. The standard InChI is InChI=1S/C21H30FN3O4S/c1-23(30(28,29)18-11-9-17(22)10-12-18)13-6-8-20(26)25-16-3-2-7-19(25)21(27)24-14-4-5-15-24/h9-12,19H,2-8,13-16H2,1H3. The van der Waals surface area contributed by atoms with Gasteiger partial charge in [0, 0.05) is 39.6 Å². The van der Waals surface area contributed by atoms with Crippen LogP contribution in [-0.2, 0) is 19.6 Å². The van der Waals surface area contributed by atoms with Crippen LogP contribution in [0.1, 0.15) is 44.9 Å². The molecule has 1 aromatic carbocycles. The Morgan fingerprint density at radius 2 is 1.70 bits per heavy atom. The first-order valence-corrected chi connectivity index (χ1v) is 12.0. The molecule has 2 aliphatic heterocycles. The first-order valence-electron chi connectivity index (χ1n) is 10.6. The minimum absolute atomic E-state index is 0.0185. The Balaban J connectivity index is 1.54. The molecule has 7 nitrogen and oxygen atoms in total. The summed E-state index contributed by atoms with van der Waals surface area (Å²) in [5.41, 5.74) is 0. The molecule has 0 spiro atoms. The summed E-state index contributed by atoms with van der Waals surface area (Å²) in [4.78, 5) is 29.2. The van der Waals surface area contributed by atoms with Crippen molar-refractivity contribution in [1.82, 2.24) is 14.1 Å². The van der Waals surface area contributed by atoms with Gasteiger partial charge >= 0.3 is 0 Å². The molecule has 30 heavy (non-hydrogen) atoms. The number of hydrogen-bond acceptors (Lipinski definition) is 4. The minimum Gasteiger partial charge on any atom is -0.341 e. The highest BCUT2D eigenvalue weighted by atomic mass is 32.2. The average molecular weight is 440 g/mol. The molecule has 0 aromatic heterocycles. The van der Waals surface area contributed by atoms with E-state index in [0.29, 0.717) is 19.4 Å². The smallest absolute Gasteiger partial charge is 0.245 e. The van der Waals surface area contributed by atoms with Crippen LogP contribution in [0.15, 0.2) is 29.2 Å². The molecule has 0 saturated carbocycles. The third-order valence-corrected chi connectivity index (χ3v) is 7.78. The lowest BCUT2D eigenvalue weighted by Gasteiger charge is -2.37. The zero-order valence-corrected chi connectivity index (χ0v) is 18.2. The fraction of sp³-hybridized carbons (Fsp3) is 0.619. The van der Waals surface area contributed by atoms with Crippen LogP contribution in [0.3, 0.4) is 0 Å². The molecule has 3 rings (SSSR count). The van der Waals surface area contributed by atoms with Crippen molar-refractivity contribution in [2.45, 2.75) is 55.9 Å². The molecule has 1 unspecified atom stereocenters. The van der Waals surface area contributed by atoms with Gasteiger partial charge in [0.25, 0.3) is 0 Å². The van der Waals surface area contributed by atoms with Crippen molar-refractivity contribution in [1.29, 1.82) is 0 Å². The van der Waals surface area contributed by atoms with E-state index in [1.807, 2.05) is 4.90 Å². The van der Waals surface area contributed by atoms with Crippen molar-refractivity contribution in [3.05, 3.63) is 30.1 Å². The molecule has 2 amide bonds. The predicted octanol–water partition coefficient (Wildman–Crippen LogP) is 2.23. The zero-order valence-electron chi connectivity index (χ0n) is 17.4. The van der Waals surface area contributed by atoms with Crippen molar-refractivity contribution < 1.29 is 22.4 Å². The van der Waals surface area contributed by atoms with Crippen LogP contribution in [0.2, 0.25) is 0 Å². The Kier molecular flexibility index (Phi) is 7.46. The van der Waals surface area contributed by atoms with Crippen LogP contribution >= 0.6 is 0 Å². The van der Waals surface area contributed by atoms with Crippen molar-refractivity contribution >= 4 is 21.8 Å². The van der Waals surface area contributed by atoms with Gasteiger partial charge in [-0.05, 0) is 62.8 Å². The van der Waals surface area contributed by atoms with Crippen LogP contribution in [-0.4, -0.2) is 73.6 Å². The average Bonchev–Trinajstić information content (AvgIpc) is 3.28. The number of sulfonamides is 1. The first-order chi connectivity index (χ1) is 14.3. The predicted molar refractivity (Wildman–Crippen MR) is 111 cm³/mol. The van der Waals surface area contributed by atoms with Gasteiger partial charge < -0.3 is 9.80 Å². The minimum atomic E-state index is -3.73. The van der Waals surface area contributed by atoms with E-state index in [1.54, 1.807) is 4.90 Å². The molecule has 1 aromatic rings. The number of carbonyl (C=O) groups excluding carboxylic acids is 2. The molecule has 2 saturated heterocycles. The van der Waals surface area contributed by atoms with E-state index in [4.69, 9.17) is 0 Å². The Morgan fingerprint density at radius 3 is 2.37 bits per heavy atom. The first kappa shape index (κ1) is 22.7. The van der Waals surface area contributed by atoms with Crippen LogP contribution in [0.4, 0.5) is 4.39 Å². The van der Waals surface area contributed by atoms with Gasteiger partial charge in [0.05, 0.1) is 4.90 Å². The molecule has 2 fully saturated rings. The van der Waals surface area contributed by atoms with Gasteiger partial charge in [0.2, 0.25) is 21.8 Å². The van der Waals surface area contributed by atoms with Crippen molar-refractivity contribution in [2.75, 3.05) is 33.2 Å². The number of benzene rings is 1. The lowest BCUT2D eigenvalue weighted by atomic mass is 10.00.